The minimum atomic E-state index is -0.525. The molecule has 1 saturated heterocycles. The van der Waals surface area contributed by atoms with Crippen LogP contribution < -0.4 is 11.1 Å². The maximum Gasteiger partial charge on any atom is 0.0728 e. The SMILES string of the molecule is NCC1(C2(O)CCCNCC2)CCCCCCC1. The lowest BCUT2D eigenvalue weighted by Crippen LogP contribution is -2.53. The van der Waals surface area contributed by atoms with E-state index in [4.69, 9.17) is 5.73 Å². The van der Waals surface area contributed by atoms with Gasteiger partial charge in [-0.1, -0.05) is 32.1 Å². The summed E-state index contributed by atoms with van der Waals surface area (Å²) < 4.78 is 0. The molecule has 1 heterocycles. The molecule has 18 heavy (non-hydrogen) atoms. The monoisotopic (exact) mass is 254 g/mol. The van der Waals surface area contributed by atoms with Crippen molar-refractivity contribution >= 4 is 0 Å². The maximum atomic E-state index is 11.2. The summed E-state index contributed by atoms with van der Waals surface area (Å²) in [5.41, 5.74) is 5.61. The molecule has 0 radical (unpaired) electrons. The van der Waals surface area contributed by atoms with Gasteiger partial charge in [0.25, 0.3) is 0 Å². The predicted octanol–water partition coefficient (Wildman–Crippen LogP) is 2.18. The Labute approximate surface area is 112 Å². The fourth-order valence-corrected chi connectivity index (χ4v) is 4.02. The van der Waals surface area contributed by atoms with Crippen LogP contribution >= 0.6 is 0 Å². The van der Waals surface area contributed by atoms with E-state index in [9.17, 15) is 5.11 Å². The molecule has 3 heteroatoms. The maximum absolute atomic E-state index is 11.2. The van der Waals surface area contributed by atoms with Crippen molar-refractivity contribution in [3.8, 4) is 0 Å². The van der Waals surface area contributed by atoms with Crippen LogP contribution in [-0.2, 0) is 0 Å². The van der Waals surface area contributed by atoms with Crippen molar-refractivity contribution in [2.75, 3.05) is 19.6 Å². The third-order valence-electron chi connectivity index (χ3n) is 5.35. The van der Waals surface area contributed by atoms with Crippen molar-refractivity contribution in [3.63, 3.8) is 0 Å². The van der Waals surface area contributed by atoms with Crippen molar-refractivity contribution < 1.29 is 5.11 Å². The van der Waals surface area contributed by atoms with Gasteiger partial charge < -0.3 is 16.2 Å². The number of aliphatic hydroxyl groups is 1. The van der Waals surface area contributed by atoms with Crippen LogP contribution in [0.5, 0.6) is 0 Å². The molecule has 2 aliphatic rings. The Kier molecular flexibility index (Phi) is 5.05. The van der Waals surface area contributed by atoms with E-state index in [0.717, 1.165) is 45.2 Å². The summed E-state index contributed by atoms with van der Waals surface area (Å²) in [6.45, 7) is 2.64. The highest BCUT2D eigenvalue weighted by Gasteiger charge is 2.48. The van der Waals surface area contributed by atoms with Crippen molar-refractivity contribution in [2.24, 2.45) is 11.1 Å². The smallest absolute Gasteiger partial charge is 0.0728 e. The number of rotatable bonds is 2. The molecule has 1 unspecified atom stereocenters. The van der Waals surface area contributed by atoms with E-state index in [1.165, 1.54) is 32.1 Å². The molecule has 0 aromatic heterocycles. The lowest BCUT2D eigenvalue weighted by atomic mass is 9.62. The average Bonchev–Trinajstić information content (AvgIpc) is 2.55. The Morgan fingerprint density at radius 1 is 0.833 bits per heavy atom. The molecule has 0 bridgehead atoms. The fraction of sp³-hybridized carbons (Fsp3) is 1.00. The molecule has 4 N–H and O–H groups in total. The molecular formula is C15H30N2O. The average molecular weight is 254 g/mol. The number of hydrogen-bond acceptors (Lipinski definition) is 3. The summed E-state index contributed by atoms with van der Waals surface area (Å²) in [5, 5.41) is 14.6. The van der Waals surface area contributed by atoms with Gasteiger partial charge in [0, 0.05) is 12.0 Å². The Morgan fingerprint density at radius 2 is 1.50 bits per heavy atom. The van der Waals surface area contributed by atoms with E-state index >= 15 is 0 Å². The van der Waals surface area contributed by atoms with Crippen LogP contribution in [0.15, 0.2) is 0 Å². The molecule has 2 rings (SSSR count). The summed E-state index contributed by atoms with van der Waals surface area (Å²) in [7, 11) is 0. The fourth-order valence-electron chi connectivity index (χ4n) is 4.02. The minimum absolute atomic E-state index is 0.0144. The highest BCUT2D eigenvalue weighted by Crippen LogP contribution is 2.46. The molecule has 0 aromatic carbocycles. The first-order valence-electron chi connectivity index (χ1n) is 7.86. The normalized spacial score (nSPS) is 34.3. The first-order chi connectivity index (χ1) is 8.72. The van der Waals surface area contributed by atoms with Gasteiger partial charge in [0.15, 0.2) is 0 Å². The van der Waals surface area contributed by atoms with Crippen LogP contribution in [-0.4, -0.2) is 30.3 Å². The molecule has 1 aliphatic carbocycles. The van der Waals surface area contributed by atoms with Gasteiger partial charge in [-0.25, -0.2) is 0 Å². The standard InChI is InChI=1S/C15H30N2O/c16-13-14(7-4-2-1-3-5-8-14)15(18)9-6-11-17-12-10-15/h17-18H,1-13,16H2. The second-order valence-corrected chi connectivity index (χ2v) is 6.39. The molecule has 0 aromatic rings. The number of nitrogens with two attached hydrogens (primary N) is 1. The Morgan fingerprint density at radius 3 is 2.17 bits per heavy atom. The second kappa shape index (κ2) is 6.36. The zero-order chi connectivity index (χ0) is 12.9. The number of nitrogens with one attached hydrogen (secondary N) is 1. The van der Waals surface area contributed by atoms with E-state index in [-0.39, 0.29) is 5.41 Å². The van der Waals surface area contributed by atoms with Gasteiger partial charge in [-0.15, -0.1) is 0 Å². The van der Waals surface area contributed by atoms with Crippen LogP contribution in [0, 0.1) is 5.41 Å². The first kappa shape index (κ1) is 14.3. The van der Waals surface area contributed by atoms with Gasteiger partial charge in [-0.3, -0.25) is 0 Å². The van der Waals surface area contributed by atoms with E-state index in [2.05, 4.69) is 5.32 Å². The summed E-state index contributed by atoms with van der Waals surface area (Å²) in [5.74, 6) is 0. The zero-order valence-corrected chi connectivity index (χ0v) is 11.7. The number of hydrogen-bond donors (Lipinski definition) is 3. The Hall–Kier alpha value is -0.120. The third kappa shape index (κ3) is 2.89. The van der Waals surface area contributed by atoms with Crippen LogP contribution in [0.1, 0.15) is 64.2 Å². The summed E-state index contributed by atoms with van der Waals surface area (Å²) >= 11 is 0. The van der Waals surface area contributed by atoms with Crippen molar-refractivity contribution in [1.29, 1.82) is 0 Å². The molecule has 1 atom stereocenters. The van der Waals surface area contributed by atoms with Gasteiger partial charge in [-0.05, 0) is 45.2 Å². The van der Waals surface area contributed by atoms with Gasteiger partial charge in [0.2, 0.25) is 0 Å². The Bertz CT molecular complexity index is 239. The molecule has 1 aliphatic heterocycles. The quantitative estimate of drug-likeness (QED) is 0.708. The van der Waals surface area contributed by atoms with Crippen molar-refractivity contribution in [2.45, 2.75) is 69.8 Å². The third-order valence-corrected chi connectivity index (χ3v) is 5.35. The largest absolute Gasteiger partial charge is 0.389 e. The topological polar surface area (TPSA) is 58.3 Å². The second-order valence-electron chi connectivity index (χ2n) is 6.39. The van der Waals surface area contributed by atoms with Gasteiger partial charge in [0.05, 0.1) is 5.60 Å². The highest BCUT2D eigenvalue weighted by atomic mass is 16.3. The molecule has 1 saturated carbocycles. The molecule has 3 nitrogen and oxygen atoms in total. The van der Waals surface area contributed by atoms with Crippen LogP contribution in [0.3, 0.4) is 0 Å². The molecular weight excluding hydrogens is 224 g/mol. The summed E-state index contributed by atoms with van der Waals surface area (Å²) in [6, 6.07) is 0. The predicted molar refractivity (Wildman–Crippen MR) is 75.5 cm³/mol. The van der Waals surface area contributed by atoms with Gasteiger partial charge in [-0.2, -0.15) is 0 Å². The lowest BCUT2D eigenvalue weighted by molar-refractivity contribution is -0.102. The molecule has 0 spiro atoms. The Balaban J connectivity index is 2.15. The van der Waals surface area contributed by atoms with Crippen LogP contribution in [0.4, 0.5) is 0 Å². The lowest BCUT2D eigenvalue weighted by Gasteiger charge is -2.48. The minimum Gasteiger partial charge on any atom is -0.389 e. The highest BCUT2D eigenvalue weighted by molar-refractivity contribution is 5.01. The van der Waals surface area contributed by atoms with Gasteiger partial charge >= 0.3 is 0 Å². The van der Waals surface area contributed by atoms with Crippen molar-refractivity contribution in [1.82, 2.24) is 5.32 Å². The molecule has 0 amide bonds. The van der Waals surface area contributed by atoms with E-state index < -0.39 is 5.60 Å². The van der Waals surface area contributed by atoms with E-state index in [1.807, 2.05) is 0 Å². The van der Waals surface area contributed by atoms with Crippen LogP contribution in [0.25, 0.3) is 0 Å². The molecule has 2 fully saturated rings. The molecule has 106 valence electrons. The zero-order valence-electron chi connectivity index (χ0n) is 11.7. The summed E-state index contributed by atoms with van der Waals surface area (Å²) in [6.07, 6.45) is 11.6. The van der Waals surface area contributed by atoms with Gasteiger partial charge in [0.1, 0.15) is 0 Å². The first-order valence-corrected chi connectivity index (χ1v) is 7.86. The summed E-state index contributed by atoms with van der Waals surface area (Å²) in [4.78, 5) is 0. The van der Waals surface area contributed by atoms with E-state index in [0.29, 0.717) is 6.54 Å². The van der Waals surface area contributed by atoms with E-state index in [1.54, 1.807) is 0 Å². The van der Waals surface area contributed by atoms with Crippen LogP contribution in [0.2, 0.25) is 0 Å². The van der Waals surface area contributed by atoms with Crippen molar-refractivity contribution in [3.05, 3.63) is 0 Å².